The predicted octanol–water partition coefficient (Wildman–Crippen LogP) is 0.418. The van der Waals surface area contributed by atoms with Gasteiger partial charge in [-0.25, -0.2) is 5.17 Å². The standard InChI is InChI=1S/C12H11N5O/c13-12-15-10-2-1-9(7-11(10)17(18)16-12)8-3-5-14-6-4-8/h1-7,17H,(H3,13,15,16). The summed E-state index contributed by atoms with van der Waals surface area (Å²) in [6.45, 7) is 0. The number of nitrogens with two attached hydrogens (primary N) is 1. The van der Waals surface area contributed by atoms with Crippen LogP contribution in [0.1, 0.15) is 0 Å². The Labute approximate surface area is 103 Å². The molecule has 2 aromatic rings. The van der Waals surface area contributed by atoms with Crippen LogP contribution >= 0.6 is 0 Å². The van der Waals surface area contributed by atoms with Crippen molar-refractivity contribution in [2.75, 3.05) is 5.32 Å². The summed E-state index contributed by atoms with van der Waals surface area (Å²) in [4.78, 5) is 3.97. The van der Waals surface area contributed by atoms with Crippen molar-refractivity contribution >= 4 is 17.3 Å². The van der Waals surface area contributed by atoms with Gasteiger partial charge in [0.15, 0.2) is 5.69 Å². The van der Waals surface area contributed by atoms with Gasteiger partial charge >= 0.3 is 0 Å². The van der Waals surface area contributed by atoms with E-state index in [0.717, 1.165) is 11.1 Å². The molecule has 1 aromatic heterocycles. The van der Waals surface area contributed by atoms with Crippen LogP contribution in [0, 0.1) is 5.21 Å². The monoisotopic (exact) mass is 241 g/mol. The first kappa shape index (κ1) is 10.7. The van der Waals surface area contributed by atoms with Crippen molar-refractivity contribution in [3.8, 4) is 11.1 Å². The van der Waals surface area contributed by atoms with Crippen molar-refractivity contribution in [3.63, 3.8) is 0 Å². The number of anilines is 1. The van der Waals surface area contributed by atoms with E-state index in [0.29, 0.717) is 11.4 Å². The van der Waals surface area contributed by atoms with Gasteiger partial charge in [-0.3, -0.25) is 4.98 Å². The van der Waals surface area contributed by atoms with Crippen LogP contribution in [0.25, 0.3) is 11.1 Å². The summed E-state index contributed by atoms with van der Waals surface area (Å²) in [5, 5.41) is 18.0. The number of fused-ring (bicyclic) bond motifs is 1. The third-order valence-electron chi connectivity index (χ3n) is 2.75. The normalized spacial score (nSPS) is 17.6. The average molecular weight is 241 g/mol. The quantitative estimate of drug-likeness (QED) is 0.631. The van der Waals surface area contributed by atoms with Gasteiger partial charge in [-0.15, -0.1) is 0 Å². The molecule has 18 heavy (non-hydrogen) atoms. The second kappa shape index (κ2) is 4.10. The van der Waals surface area contributed by atoms with Gasteiger partial charge in [-0.05, 0) is 34.4 Å². The molecule has 4 N–H and O–H groups in total. The Bertz CT molecular complexity index is 611. The lowest BCUT2D eigenvalue weighted by molar-refractivity contribution is -0.783. The third kappa shape index (κ3) is 1.79. The van der Waals surface area contributed by atoms with Crippen LogP contribution in [-0.4, -0.2) is 10.9 Å². The minimum atomic E-state index is -0.322. The van der Waals surface area contributed by atoms with Crippen LogP contribution in [0.3, 0.4) is 0 Å². The van der Waals surface area contributed by atoms with Crippen LogP contribution in [0.5, 0.6) is 0 Å². The minimum Gasteiger partial charge on any atom is -0.601 e. The van der Waals surface area contributed by atoms with Gasteiger partial charge in [0.25, 0.3) is 5.96 Å². The largest absolute Gasteiger partial charge is 0.601 e. The van der Waals surface area contributed by atoms with Crippen LogP contribution in [0.2, 0.25) is 0 Å². The molecule has 6 nitrogen and oxygen atoms in total. The van der Waals surface area contributed by atoms with Crippen LogP contribution in [-0.2, 0) is 0 Å². The number of nitrogens with one attached hydrogen (secondary N) is 2. The number of benzene rings is 1. The van der Waals surface area contributed by atoms with Gasteiger partial charge in [0, 0.05) is 18.5 Å². The lowest BCUT2D eigenvalue weighted by Crippen LogP contribution is -2.98. The Balaban J connectivity index is 2.06. The van der Waals surface area contributed by atoms with Crippen molar-refractivity contribution in [2.24, 2.45) is 10.8 Å². The highest BCUT2D eigenvalue weighted by atomic mass is 16.5. The van der Waals surface area contributed by atoms with E-state index in [1.807, 2.05) is 24.3 Å². The number of quaternary nitrogens is 1. The van der Waals surface area contributed by atoms with E-state index >= 15 is 0 Å². The maximum absolute atomic E-state index is 11.8. The molecule has 1 aliphatic rings. The van der Waals surface area contributed by atoms with Crippen LogP contribution in [0.15, 0.2) is 47.8 Å². The van der Waals surface area contributed by atoms with E-state index in [9.17, 15) is 5.21 Å². The zero-order valence-corrected chi connectivity index (χ0v) is 9.42. The molecule has 0 amide bonds. The summed E-state index contributed by atoms with van der Waals surface area (Å²) in [5.41, 5.74) is 8.66. The number of nitrogens with zero attached hydrogens (tertiary/aromatic N) is 2. The molecule has 0 saturated heterocycles. The average Bonchev–Trinajstić information content (AvgIpc) is 2.39. The van der Waals surface area contributed by atoms with E-state index < -0.39 is 0 Å². The maximum atomic E-state index is 11.8. The SMILES string of the molecule is NC1=N[NH+]([O-])c2cc(-c3ccncc3)ccc2N1. The summed E-state index contributed by atoms with van der Waals surface area (Å²) in [6, 6.07) is 9.33. The molecule has 0 spiro atoms. The number of aromatic nitrogens is 1. The van der Waals surface area contributed by atoms with E-state index in [1.165, 1.54) is 0 Å². The molecule has 0 aliphatic carbocycles. The molecule has 0 saturated carbocycles. The number of hydrogen-bond donors (Lipinski definition) is 3. The number of hydrogen-bond acceptors (Lipinski definition) is 5. The first-order chi connectivity index (χ1) is 8.74. The first-order valence-electron chi connectivity index (χ1n) is 5.44. The van der Waals surface area contributed by atoms with Crippen LogP contribution in [0.4, 0.5) is 11.4 Å². The van der Waals surface area contributed by atoms with Crippen molar-refractivity contribution in [3.05, 3.63) is 47.9 Å². The first-order valence-corrected chi connectivity index (χ1v) is 5.44. The van der Waals surface area contributed by atoms with Crippen molar-refractivity contribution in [1.82, 2.24) is 4.98 Å². The molecule has 0 fully saturated rings. The Hall–Kier alpha value is -2.44. The topological polar surface area (TPSA) is 90.8 Å². The zero-order chi connectivity index (χ0) is 12.5. The van der Waals surface area contributed by atoms with Crippen molar-refractivity contribution in [2.45, 2.75) is 0 Å². The van der Waals surface area contributed by atoms with Gasteiger partial charge in [-0.2, -0.15) is 0 Å². The second-order valence-electron chi connectivity index (χ2n) is 3.92. The molecule has 90 valence electrons. The van der Waals surface area contributed by atoms with E-state index in [4.69, 9.17) is 5.73 Å². The lowest BCUT2D eigenvalue weighted by atomic mass is 10.1. The Morgan fingerprint density at radius 2 is 1.89 bits per heavy atom. The molecular weight excluding hydrogens is 230 g/mol. The lowest BCUT2D eigenvalue weighted by Gasteiger charge is -2.23. The fourth-order valence-electron chi connectivity index (χ4n) is 1.89. The fourth-order valence-corrected chi connectivity index (χ4v) is 1.89. The fraction of sp³-hybridized carbons (Fsp3) is 0. The molecule has 6 heteroatoms. The number of pyridine rings is 1. The molecule has 1 atom stereocenters. The molecule has 2 heterocycles. The van der Waals surface area contributed by atoms with E-state index in [2.05, 4.69) is 15.4 Å². The molecule has 0 bridgehead atoms. The molecule has 0 radical (unpaired) electrons. The smallest absolute Gasteiger partial charge is 0.252 e. The minimum absolute atomic E-state index is 0.129. The summed E-state index contributed by atoms with van der Waals surface area (Å²) in [6.07, 6.45) is 3.43. The van der Waals surface area contributed by atoms with Gasteiger partial charge in [0.05, 0.1) is 0 Å². The van der Waals surface area contributed by atoms with Gasteiger partial charge < -0.3 is 16.3 Å². The summed E-state index contributed by atoms with van der Waals surface area (Å²) >= 11 is 0. The summed E-state index contributed by atoms with van der Waals surface area (Å²) in [5.74, 6) is 0.129. The second-order valence-corrected chi connectivity index (χ2v) is 3.92. The highest BCUT2D eigenvalue weighted by Crippen LogP contribution is 2.27. The molecule has 1 aliphatic heterocycles. The molecule has 1 aromatic carbocycles. The number of rotatable bonds is 1. The van der Waals surface area contributed by atoms with Gasteiger partial charge in [0.1, 0.15) is 5.69 Å². The predicted molar refractivity (Wildman–Crippen MR) is 68.9 cm³/mol. The highest BCUT2D eigenvalue weighted by Gasteiger charge is 2.17. The Morgan fingerprint density at radius 1 is 1.11 bits per heavy atom. The van der Waals surface area contributed by atoms with Crippen molar-refractivity contribution in [1.29, 1.82) is 0 Å². The Kier molecular flexibility index (Phi) is 2.44. The maximum Gasteiger partial charge on any atom is 0.252 e. The molecular formula is C12H11N5O. The summed E-state index contributed by atoms with van der Waals surface area (Å²) in [7, 11) is 0. The highest BCUT2D eigenvalue weighted by molar-refractivity contribution is 5.95. The van der Waals surface area contributed by atoms with Crippen molar-refractivity contribution < 1.29 is 5.17 Å². The van der Waals surface area contributed by atoms with Gasteiger partial charge in [-0.1, -0.05) is 6.07 Å². The zero-order valence-electron chi connectivity index (χ0n) is 9.42. The van der Waals surface area contributed by atoms with Gasteiger partial charge in [0.2, 0.25) is 0 Å². The molecule has 1 unspecified atom stereocenters. The van der Waals surface area contributed by atoms with Crippen LogP contribution < -0.4 is 16.2 Å². The summed E-state index contributed by atoms with van der Waals surface area (Å²) < 4.78 is 0. The third-order valence-corrected chi connectivity index (χ3v) is 2.75. The number of guanidine groups is 1. The van der Waals surface area contributed by atoms with E-state index in [-0.39, 0.29) is 11.1 Å². The van der Waals surface area contributed by atoms with E-state index in [1.54, 1.807) is 18.5 Å². The molecule has 3 rings (SSSR count). The Morgan fingerprint density at radius 3 is 2.67 bits per heavy atom.